The first-order chi connectivity index (χ1) is 12.2. The number of anilines is 2. The van der Waals surface area contributed by atoms with Crippen LogP contribution >= 0.6 is 0 Å². The van der Waals surface area contributed by atoms with Crippen molar-refractivity contribution in [3.8, 4) is 0 Å². The Kier molecular flexibility index (Phi) is 5.60. The standard InChI is InChI=1S/C23H28N2/c1-4-5-6-10-21-18-19(2)12-13-23(21)25-16-14-24(15-17-25)22-11-8-7-9-20(22)3/h4-13,18H,14-17H2,1-3H3/b5-4-,10-6+. The summed E-state index contributed by atoms with van der Waals surface area (Å²) in [6.07, 6.45) is 8.49. The van der Waals surface area contributed by atoms with E-state index in [9.17, 15) is 0 Å². The van der Waals surface area contributed by atoms with Gasteiger partial charge in [-0.3, -0.25) is 0 Å². The fraction of sp³-hybridized carbons (Fsp3) is 0.304. The molecule has 0 radical (unpaired) electrons. The molecule has 0 aromatic heterocycles. The molecule has 3 rings (SSSR count). The van der Waals surface area contributed by atoms with Gasteiger partial charge in [-0.2, -0.15) is 0 Å². The third-order valence-corrected chi connectivity index (χ3v) is 4.84. The van der Waals surface area contributed by atoms with Crippen LogP contribution in [0.5, 0.6) is 0 Å². The van der Waals surface area contributed by atoms with Crippen molar-refractivity contribution in [1.29, 1.82) is 0 Å². The Morgan fingerprint density at radius 1 is 0.800 bits per heavy atom. The first-order valence-electron chi connectivity index (χ1n) is 9.14. The van der Waals surface area contributed by atoms with E-state index in [0.29, 0.717) is 0 Å². The Morgan fingerprint density at radius 2 is 1.48 bits per heavy atom. The highest BCUT2D eigenvalue weighted by atomic mass is 15.3. The Balaban J connectivity index is 1.76. The molecule has 2 aromatic carbocycles. The van der Waals surface area contributed by atoms with Gasteiger partial charge in [0.1, 0.15) is 0 Å². The SMILES string of the molecule is C/C=C\C=C\c1cc(C)ccc1N1CCN(c2ccccc2C)CC1. The highest BCUT2D eigenvalue weighted by molar-refractivity contribution is 5.70. The molecule has 0 aliphatic carbocycles. The second-order valence-electron chi connectivity index (χ2n) is 6.71. The first-order valence-corrected chi connectivity index (χ1v) is 9.14. The van der Waals surface area contributed by atoms with Crippen molar-refractivity contribution in [3.63, 3.8) is 0 Å². The van der Waals surface area contributed by atoms with Crippen LogP contribution in [0, 0.1) is 13.8 Å². The van der Waals surface area contributed by atoms with E-state index in [1.807, 2.05) is 6.92 Å². The lowest BCUT2D eigenvalue weighted by Gasteiger charge is -2.38. The molecule has 1 fully saturated rings. The van der Waals surface area contributed by atoms with Gasteiger partial charge in [-0.15, -0.1) is 0 Å². The molecular weight excluding hydrogens is 304 g/mol. The quantitative estimate of drug-likeness (QED) is 0.708. The van der Waals surface area contributed by atoms with E-state index < -0.39 is 0 Å². The molecule has 0 spiro atoms. The average molecular weight is 332 g/mol. The lowest BCUT2D eigenvalue weighted by atomic mass is 10.1. The lowest BCUT2D eigenvalue weighted by Crippen LogP contribution is -2.47. The number of nitrogens with zero attached hydrogens (tertiary/aromatic N) is 2. The van der Waals surface area contributed by atoms with Crippen LogP contribution in [0.25, 0.3) is 6.08 Å². The van der Waals surface area contributed by atoms with E-state index in [4.69, 9.17) is 0 Å². The van der Waals surface area contributed by atoms with Crippen LogP contribution in [0.15, 0.2) is 60.7 Å². The fourth-order valence-corrected chi connectivity index (χ4v) is 3.47. The summed E-state index contributed by atoms with van der Waals surface area (Å²) < 4.78 is 0. The van der Waals surface area contributed by atoms with Gasteiger partial charge < -0.3 is 9.80 Å². The minimum Gasteiger partial charge on any atom is -0.368 e. The number of aryl methyl sites for hydroxylation is 2. The van der Waals surface area contributed by atoms with Crippen molar-refractivity contribution in [2.24, 2.45) is 0 Å². The van der Waals surface area contributed by atoms with E-state index in [1.165, 1.54) is 28.1 Å². The number of hydrogen-bond donors (Lipinski definition) is 0. The van der Waals surface area contributed by atoms with Crippen LogP contribution in [0.1, 0.15) is 23.6 Å². The molecule has 25 heavy (non-hydrogen) atoms. The third-order valence-electron chi connectivity index (χ3n) is 4.84. The highest BCUT2D eigenvalue weighted by Crippen LogP contribution is 2.27. The van der Waals surface area contributed by atoms with Gasteiger partial charge in [-0.1, -0.05) is 54.1 Å². The zero-order valence-electron chi connectivity index (χ0n) is 15.6. The molecule has 0 N–H and O–H groups in total. The third kappa shape index (κ3) is 4.14. The topological polar surface area (TPSA) is 6.48 Å². The van der Waals surface area contributed by atoms with Crippen LogP contribution < -0.4 is 9.80 Å². The van der Waals surface area contributed by atoms with Crippen LogP contribution in [0.3, 0.4) is 0 Å². The average Bonchev–Trinajstić information content (AvgIpc) is 2.63. The Labute approximate surface area is 152 Å². The van der Waals surface area contributed by atoms with Crippen LogP contribution in [-0.4, -0.2) is 26.2 Å². The summed E-state index contributed by atoms with van der Waals surface area (Å²) in [6, 6.07) is 15.5. The zero-order valence-corrected chi connectivity index (χ0v) is 15.6. The molecule has 2 heteroatoms. The van der Waals surface area contributed by atoms with Crippen molar-refractivity contribution in [1.82, 2.24) is 0 Å². The maximum atomic E-state index is 2.52. The Morgan fingerprint density at radius 3 is 2.16 bits per heavy atom. The van der Waals surface area contributed by atoms with Crippen LogP contribution in [-0.2, 0) is 0 Å². The summed E-state index contributed by atoms with van der Waals surface area (Å²) in [4.78, 5) is 5.03. The second kappa shape index (κ2) is 8.06. The van der Waals surface area contributed by atoms with Crippen molar-refractivity contribution in [2.75, 3.05) is 36.0 Å². The molecule has 0 unspecified atom stereocenters. The molecular formula is C23H28N2. The van der Waals surface area contributed by atoms with Gasteiger partial charge in [0.2, 0.25) is 0 Å². The number of para-hydroxylation sites is 1. The molecule has 0 bridgehead atoms. The minimum atomic E-state index is 1.06. The van der Waals surface area contributed by atoms with Crippen molar-refractivity contribution >= 4 is 17.5 Å². The number of allylic oxidation sites excluding steroid dienone is 3. The van der Waals surface area contributed by atoms with Crippen LogP contribution in [0.4, 0.5) is 11.4 Å². The van der Waals surface area contributed by atoms with Gasteiger partial charge in [0.25, 0.3) is 0 Å². The van der Waals surface area contributed by atoms with Gasteiger partial charge in [-0.05, 0) is 50.1 Å². The Hall–Kier alpha value is -2.48. The van der Waals surface area contributed by atoms with E-state index in [1.54, 1.807) is 0 Å². The zero-order chi connectivity index (χ0) is 17.6. The predicted octanol–water partition coefficient (Wildman–Crippen LogP) is 5.22. The smallest absolute Gasteiger partial charge is 0.0441 e. The van der Waals surface area contributed by atoms with Gasteiger partial charge in [0.15, 0.2) is 0 Å². The molecule has 1 heterocycles. The monoisotopic (exact) mass is 332 g/mol. The van der Waals surface area contributed by atoms with Gasteiger partial charge in [0.05, 0.1) is 0 Å². The summed E-state index contributed by atoms with van der Waals surface area (Å²) in [5, 5.41) is 0. The summed E-state index contributed by atoms with van der Waals surface area (Å²) in [5.74, 6) is 0. The highest BCUT2D eigenvalue weighted by Gasteiger charge is 2.19. The van der Waals surface area contributed by atoms with Gasteiger partial charge in [0, 0.05) is 37.6 Å². The fourth-order valence-electron chi connectivity index (χ4n) is 3.47. The molecule has 1 aliphatic rings. The summed E-state index contributed by atoms with van der Waals surface area (Å²) >= 11 is 0. The molecule has 1 saturated heterocycles. The summed E-state index contributed by atoms with van der Waals surface area (Å²) in [6.45, 7) is 10.7. The maximum absolute atomic E-state index is 2.52. The molecule has 0 saturated carbocycles. The van der Waals surface area contributed by atoms with Crippen LogP contribution in [0.2, 0.25) is 0 Å². The molecule has 1 aliphatic heterocycles. The normalized spacial score (nSPS) is 15.5. The molecule has 2 aromatic rings. The summed E-state index contributed by atoms with van der Waals surface area (Å²) in [7, 11) is 0. The number of piperazine rings is 1. The van der Waals surface area contributed by atoms with E-state index in [0.717, 1.165) is 26.2 Å². The molecule has 0 amide bonds. The summed E-state index contributed by atoms with van der Waals surface area (Å²) in [5.41, 5.74) is 6.70. The van der Waals surface area contributed by atoms with Gasteiger partial charge in [-0.25, -0.2) is 0 Å². The van der Waals surface area contributed by atoms with Gasteiger partial charge >= 0.3 is 0 Å². The second-order valence-corrected chi connectivity index (χ2v) is 6.71. The molecule has 130 valence electrons. The number of hydrogen-bond acceptors (Lipinski definition) is 2. The van der Waals surface area contributed by atoms with Crippen molar-refractivity contribution in [3.05, 3.63) is 77.4 Å². The largest absolute Gasteiger partial charge is 0.368 e. The van der Waals surface area contributed by atoms with Crippen molar-refractivity contribution < 1.29 is 0 Å². The molecule has 0 atom stereocenters. The number of rotatable bonds is 4. The predicted molar refractivity (Wildman–Crippen MR) is 111 cm³/mol. The van der Waals surface area contributed by atoms with E-state index in [-0.39, 0.29) is 0 Å². The van der Waals surface area contributed by atoms with E-state index >= 15 is 0 Å². The maximum Gasteiger partial charge on any atom is 0.0441 e. The van der Waals surface area contributed by atoms with Crippen molar-refractivity contribution in [2.45, 2.75) is 20.8 Å². The minimum absolute atomic E-state index is 1.06. The van der Waals surface area contributed by atoms with E-state index in [2.05, 4.69) is 90.4 Å². The molecule has 2 nitrogen and oxygen atoms in total. The Bertz CT molecular complexity index is 765. The lowest BCUT2D eigenvalue weighted by molar-refractivity contribution is 0.652. The first kappa shape index (κ1) is 17.3. The number of benzene rings is 2.